The van der Waals surface area contributed by atoms with Gasteiger partial charge in [0, 0.05) is 22.0 Å². The van der Waals surface area contributed by atoms with Gasteiger partial charge in [0.2, 0.25) is 5.91 Å². The van der Waals surface area contributed by atoms with E-state index in [0.29, 0.717) is 34.8 Å². The summed E-state index contributed by atoms with van der Waals surface area (Å²) in [7, 11) is 0. The molecule has 1 aromatic carbocycles. The lowest BCUT2D eigenvalue weighted by molar-refractivity contribution is -0.385. The van der Waals surface area contributed by atoms with Crippen molar-refractivity contribution in [2.75, 3.05) is 5.32 Å². The molecule has 2 heterocycles. The predicted octanol–water partition coefficient (Wildman–Crippen LogP) is 6.28. The second-order valence-corrected chi connectivity index (χ2v) is 12.5. The fraction of sp³-hybridized carbons (Fsp3) is 0.519. The molecule has 4 aliphatic carbocycles. The number of aromatic nitrogens is 4. The quantitative estimate of drug-likeness (QED) is 0.272. The molecule has 0 aliphatic heterocycles. The van der Waals surface area contributed by atoms with Crippen LogP contribution in [0, 0.1) is 41.2 Å². The van der Waals surface area contributed by atoms with Gasteiger partial charge in [-0.3, -0.25) is 24.3 Å². The predicted molar refractivity (Wildman–Crippen MR) is 144 cm³/mol. The molecular weight excluding hydrogens is 527 g/mol. The largest absolute Gasteiger partial charge is 0.323 e. The highest BCUT2D eigenvalue weighted by atomic mass is 35.5. The number of nitrogens with one attached hydrogen (secondary N) is 1. The molecular formula is C27H30Cl2N6O3. The van der Waals surface area contributed by atoms with Crippen molar-refractivity contribution in [3.63, 3.8) is 0 Å². The van der Waals surface area contributed by atoms with Gasteiger partial charge in [-0.05, 0) is 81.8 Å². The first-order valence-electron chi connectivity index (χ1n) is 13.0. The average Bonchev–Trinajstić information content (AvgIpc) is 3.43. The summed E-state index contributed by atoms with van der Waals surface area (Å²) < 4.78 is 3.66. The zero-order valence-electron chi connectivity index (χ0n) is 21.4. The summed E-state index contributed by atoms with van der Waals surface area (Å²) in [4.78, 5) is 24.4. The number of halogens is 2. The summed E-state index contributed by atoms with van der Waals surface area (Å²) in [6.45, 7) is 4.23. The van der Waals surface area contributed by atoms with Crippen molar-refractivity contribution in [3.8, 4) is 0 Å². The van der Waals surface area contributed by atoms with Crippen LogP contribution in [0.2, 0.25) is 10.0 Å². The SMILES string of the molecule is Cc1nn(Cc2c(Cl)cccc2Cl)c(C)c1NC(=O)CC12CC3CC(C1)CC(n1cc([N+](=O)[O-])cn1)(C3)C2. The maximum Gasteiger partial charge on any atom is 0.307 e. The summed E-state index contributed by atoms with van der Waals surface area (Å²) in [5.41, 5.74) is 2.75. The summed E-state index contributed by atoms with van der Waals surface area (Å²) in [5.74, 6) is 1.01. The lowest BCUT2D eigenvalue weighted by Gasteiger charge is -2.61. The van der Waals surface area contributed by atoms with Gasteiger partial charge in [-0.1, -0.05) is 29.3 Å². The third kappa shape index (κ3) is 4.29. The van der Waals surface area contributed by atoms with E-state index in [9.17, 15) is 14.9 Å². The number of carbonyl (C=O) groups is 1. The zero-order valence-corrected chi connectivity index (χ0v) is 22.9. The first kappa shape index (κ1) is 25.4. The monoisotopic (exact) mass is 556 g/mol. The van der Waals surface area contributed by atoms with Crippen molar-refractivity contribution >= 4 is 40.5 Å². The molecule has 0 radical (unpaired) electrons. The Hall–Kier alpha value is -2.91. The van der Waals surface area contributed by atoms with Gasteiger partial charge in [0.05, 0.1) is 34.1 Å². The van der Waals surface area contributed by atoms with Gasteiger partial charge in [0.15, 0.2) is 0 Å². The number of amides is 1. The average molecular weight is 557 g/mol. The molecule has 0 spiro atoms. The van der Waals surface area contributed by atoms with Crippen molar-refractivity contribution in [3.05, 3.63) is 67.7 Å². The van der Waals surface area contributed by atoms with E-state index in [-0.39, 0.29) is 22.5 Å². The van der Waals surface area contributed by atoms with Crippen LogP contribution >= 0.6 is 23.2 Å². The highest BCUT2D eigenvalue weighted by Crippen LogP contribution is 2.65. The van der Waals surface area contributed by atoms with Crippen LogP contribution in [0.25, 0.3) is 0 Å². The highest BCUT2D eigenvalue weighted by Gasteiger charge is 2.59. The Morgan fingerprint density at radius 3 is 2.50 bits per heavy atom. The second-order valence-electron chi connectivity index (χ2n) is 11.7. The Morgan fingerprint density at radius 1 is 1.18 bits per heavy atom. The lowest BCUT2D eigenvalue weighted by Crippen LogP contribution is -2.57. The van der Waals surface area contributed by atoms with Gasteiger partial charge in [-0.2, -0.15) is 10.2 Å². The van der Waals surface area contributed by atoms with Gasteiger partial charge in [0.1, 0.15) is 12.4 Å². The standard InChI is InChI=1S/C27H30Cl2N6O3/c1-16-25(17(2)33(32-16)14-21-22(28)4-3-5-23(21)29)31-24(36)11-26-7-18-6-19(8-26)10-27(9-18,15-26)34-13-20(12-30-34)35(37)38/h3-5,12-13,18-19H,6-11,14-15H2,1-2H3,(H,31,36). The molecule has 11 heteroatoms. The Bertz CT molecular complexity index is 1410. The van der Waals surface area contributed by atoms with Gasteiger partial charge < -0.3 is 5.32 Å². The maximum absolute atomic E-state index is 13.5. The van der Waals surface area contributed by atoms with Crippen LogP contribution in [0.3, 0.4) is 0 Å². The fourth-order valence-electron chi connectivity index (χ4n) is 7.93. The molecule has 4 aliphatic rings. The Morgan fingerprint density at radius 2 is 1.87 bits per heavy atom. The summed E-state index contributed by atoms with van der Waals surface area (Å²) in [5, 5.41) is 24.7. The molecule has 2 aromatic heterocycles. The number of rotatable bonds is 7. The molecule has 7 rings (SSSR count). The van der Waals surface area contributed by atoms with E-state index in [1.807, 2.05) is 29.3 Å². The molecule has 1 N–H and O–H groups in total. The number of carbonyl (C=O) groups excluding carboxylic acids is 1. The molecule has 1 amide bonds. The second kappa shape index (κ2) is 9.09. The van der Waals surface area contributed by atoms with Gasteiger partial charge >= 0.3 is 5.69 Å². The van der Waals surface area contributed by atoms with Gasteiger partial charge in [0.25, 0.3) is 0 Å². The van der Waals surface area contributed by atoms with Crippen LogP contribution in [0.4, 0.5) is 11.4 Å². The summed E-state index contributed by atoms with van der Waals surface area (Å²) in [6, 6.07) is 5.41. The lowest BCUT2D eigenvalue weighted by atomic mass is 9.46. The molecule has 2 atom stereocenters. The third-order valence-corrected chi connectivity index (χ3v) is 9.68. The molecule has 4 fully saturated rings. The van der Waals surface area contributed by atoms with E-state index < -0.39 is 4.92 Å². The van der Waals surface area contributed by atoms with E-state index in [2.05, 4.69) is 15.5 Å². The van der Waals surface area contributed by atoms with Crippen LogP contribution in [0.15, 0.2) is 30.6 Å². The molecule has 3 aromatic rings. The maximum atomic E-state index is 13.5. The Labute approximate surface area is 230 Å². The van der Waals surface area contributed by atoms with Crippen LogP contribution in [-0.2, 0) is 16.9 Å². The van der Waals surface area contributed by atoms with Crippen molar-refractivity contribution in [1.82, 2.24) is 19.6 Å². The molecule has 2 unspecified atom stereocenters. The van der Waals surface area contributed by atoms with Gasteiger partial charge in [-0.15, -0.1) is 0 Å². The molecule has 200 valence electrons. The Balaban J connectivity index is 1.21. The summed E-state index contributed by atoms with van der Waals surface area (Å²) >= 11 is 12.7. The zero-order chi connectivity index (χ0) is 26.8. The van der Waals surface area contributed by atoms with E-state index in [0.717, 1.165) is 54.7 Å². The third-order valence-electron chi connectivity index (χ3n) is 8.97. The first-order valence-corrected chi connectivity index (χ1v) is 13.8. The number of nitro groups is 1. The number of aryl methyl sites for hydroxylation is 1. The first-order chi connectivity index (χ1) is 18.1. The molecule has 38 heavy (non-hydrogen) atoms. The highest BCUT2D eigenvalue weighted by molar-refractivity contribution is 6.36. The van der Waals surface area contributed by atoms with Crippen molar-refractivity contribution in [2.45, 2.75) is 70.9 Å². The molecule has 9 nitrogen and oxygen atoms in total. The van der Waals surface area contributed by atoms with Crippen LogP contribution < -0.4 is 5.32 Å². The molecule has 0 saturated heterocycles. The van der Waals surface area contributed by atoms with E-state index in [1.54, 1.807) is 18.3 Å². The van der Waals surface area contributed by atoms with E-state index in [4.69, 9.17) is 23.2 Å². The van der Waals surface area contributed by atoms with Crippen molar-refractivity contribution in [2.24, 2.45) is 17.3 Å². The van der Waals surface area contributed by atoms with Crippen molar-refractivity contribution < 1.29 is 9.72 Å². The number of hydrogen-bond acceptors (Lipinski definition) is 5. The smallest absolute Gasteiger partial charge is 0.307 e. The molecule has 4 bridgehead atoms. The molecule has 4 saturated carbocycles. The number of hydrogen-bond donors (Lipinski definition) is 1. The Kier molecular flexibility index (Phi) is 6.07. The summed E-state index contributed by atoms with van der Waals surface area (Å²) in [6.07, 6.45) is 9.32. The van der Waals surface area contributed by atoms with Gasteiger partial charge in [-0.25, -0.2) is 0 Å². The van der Waals surface area contributed by atoms with E-state index >= 15 is 0 Å². The van der Waals surface area contributed by atoms with Crippen LogP contribution in [-0.4, -0.2) is 30.4 Å². The topological polar surface area (TPSA) is 108 Å². The fourth-order valence-corrected chi connectivity index (χ4v) is 8.45. The number of benzene rings is 1. The van der Waals surface area contributed by atoms with Crippen molar-refractivity contribution in [1.29, 1.82) is 0 Å². The van der Waals surface area contributed by atoms with Crippen LogP contribution in [0.5, 0.6) is 0 Å². The minimum atomic E-state index is -0.391. The van der Waals surface area contributed by atoms with E-state index in [1.165, 1.54) is 12.6 Å². The number of nitrogens with zero attached hydrogens (tertiary/aromatic N) is 5. The minimum absolute atomic E-state index is 0.0185. The number of anilines is 1. The minimum Gasteiger partial charge on any atom is -0.323 e. The van der Waals surface area contributed by atoms with Crippen LogP contribution in [0.1, 0.15) is 61.9 Å². The normalized spacial score (nSPS) is 27.6.